The molecule has 0 aliphatic carbocycles. The van der Waals surface area contributed by atoms with Gasteiger partial charge in [-0.05, 0) is 16.7 Å². The maximum atomic E-state index is 14.9. The standard InChI is InChI=1S/C36H33F5N8/c1-33(2,3)32-42-30-28(31(43-32)47-20-19-34(37,38)23-47)44-49(46-30)22-24-21-48(45-29(24)36(39,40)41)35(25-13-7-4-8-14-25,26-15-9-5-10-16-26)27-17-11-6-12-18-27/h4-18,21H,19-20,22-23H2,1-3H3. The van der Waals surface area contributed by atoms with E-state index in [0.29, 0.717) is 22.5 Å². The Labute approximate surface area is 279 Å². The van der Waals surface area contributed by atoms with Crippen LogP contribution in [0.4, 0.5) is 27.8 Å². The van der Waals surface area contributed by atoms with E-state index in [1.807, 2.05) is 112 Å². The summed E-state index contributed by atoms with van der Waals surface area (Å²) in [4.78, 5) is 11.7. The van der Waals surface area contributed by atoms with Crippen molar-refractivity contribution in [3.8, 4) is 0 Å². The Morgan fingerprint density at radius 2 is 1.29 bits per heavy atom. The predicted molar refractivity (Wildman–Crippen MR) is 175 cm³/mol. The summed E-state index contributed by atoms with van der Waals surface area (Å²) < 4.78 is 74.5. The summed E-state index contributed by atoms with van der Waals surface area (Å²) >= 11 is 0. The highest BCUT2D eigenvalue weighted by molar-refractivity contribution is 5.83. The summed E-state index contributed by atoms with van der Waals surface area (Å²) in [6.45, 7) is 4.71. The number of benzene rings is 3. The van der Waals surface area contributed by atoms with E-state index in [4.69, 9.17) is 0 Å². The molecule has 1 saturated heterocycles. The molecule has 0 amide bonds. The third-order valence-electron chi connectivity index (χ3n) is 8.70. The second-order valence-electron chi connectivity index (χ2n) is 13.3. The molecule has 1 aliphatic rings. The van der Waals surface area contributed by atoms with Gasteiger partial charge in [0, 0.05) is 30.1 Å². The largest absolute Gasteiger partial charge is 0.435 e. The van der Waals surface area contributed by atoms with Crippen LogP contribution in [0, 0.1) is 0 Å². The van der Waals surface area contributed by atoms with Crippen LogP contribution in [0.15, 0.2) is 97.2 Å². The summed E-state index contributed by atoms with van der Waals surface area (Å²) in [7, 11) is 0. The highest BCUT2D eigenvalue weighted by Crippen LogP contribution is 2.42. The van der Waals surface area contributed by atoms with Crippen molar-refractivity contribution in [2.75, 3.05) is 18.0 Å². The average Bonchev–Trinajstić information content (AvgIpc) is 3.78. The van der Waals surface area contributed by atoms with E-state index in [2.05, 4.69) is 25.3 Å². The molecule has 0 unspecified atom stereocenters. The first-order valence-electron chi connectivity index (χ1n) is 15.8. The molecule has 0 atom stereocenters. The first-order chi connectivity index (χ1) is 23.3. The molecule has 1 aliphatic heterocycles. The lowest BCUT2D eigenvalue weighted by Crippen LogP contribution is -2.38. The van der Waals surface area contributed by atoms with Crippen LogP contribution < -0.4 is 4.90 Å². The quantitative estimate of drug-likeness (QED) is 0.129. The fourth-order valence-corrected chi connectivity index (χ4v) is 6.40. The molecular formula is C36H33F5N8. The van der Waals surface area contributed by atoms with Gasteiger partial charge >= 0.3 is 6.18 Å². The summed E-state index contributed by atoms with van der Waals surface area (Å²) in [6, 6.07) is 27.8. The van der Waals surface area contributed by atoms with Gasteiger partial charge in [-0.1, -0.05) is 112 Å². The van der Waals surface area contributed by atoms with Crippen molar-refractivity contribution in [2.24, 2.45) is 0 Å². The average molecular weight is 673 g/mol. The number of rotatable bonds is 7. The van der Waals surface area contributed by atoms with Crippen molar-refractivity contribution in [2.45, 2.75) is 56.8 Å². The van der Waals surface area contributed by atoms with E-state index < -0.39 is 41.8 Å². The molecule has 252 valence electrons. The van der Waals surface area contributed by atoms with Crippen molar-refractivity contribution >= 4 is 17.0 Å². The number of hydrogen-bond donors (Lipinski definition) is 0. The van der Waals surface area contributed by atoms with Crippen LogP contribution in [-0.4, -0.2) is 53.8 Å². The summed E-state index contributed by atoms with van der Waals surface area (Å²) in [5, 5.41) is 13.2. The minimum Gasteiger partial charge on any atom is -0.348 e. The van der Waals surface area contributed by atoms with Gasteiger partial charge in [-0.3, -0.25) is 4.68 Å². The molecular weight excluding hydrogens is 639 g/mol. The van der Waals surface area contributed by atoms with Crippen LogP contribution in [0.5, 0.6) is 0 Å². The van der Waals surface area contributed by atoms with Crippen LogP contribution in [0.2, 0.25) is 0 Å². The van der Waals surface area contributed by atoms with Gasteiger partial charge in [0.15, 0.2) is 17.0 Å². The van der Waals surface area contributed by atoms with Gasteiger partial charge < -0.3 is 4.90 Å². The number of halogens is 5. The minimum atomic E-state index is -4.82. The van der Waals surface area contributed by atoms with Crippen molar-refractivity contribution in [3.63, 3.8) is 0 Å². The molecule has 4 heterocycles. The summed E-state index contributed by atoms with van der Waals surface area (Å²) in [5.41, 5.74) is -0.765. The van der Waals surface area contributed by atoms with Crippen LogP contribution in [0.1, 0.15) is 61.0 Å². The van der Waals surface area contributed by atoms with Crippen molar-refractivity contribution in [1.82, 2.24) is 34.7 Å². The monoisotopic (exact) mass is 672 g/mol. The van der Waals surface area contributed by atoms with Gasteiger partial charge in [0.2, 0.25) is 5.65 Å². The van der Waals surface area contributed by atoms with E-state index >= 15 is 0 Å². The number of fused-ring (bicyclic) bond motifs is 1. The Morgan fingerprint density at radius 3 is 1.76 bits per heavy atom. The number of anilines is 1. The Hall–Kier alpha value is -5.20. The second-order valence-corrected chi connectivity index (χ2v) is 13.3. The van der Waals surface area contributed by atoms with E-state index in [9.17, 15) is 22.0 Å². The molecule has 0 spiro atoms. The lowest BCUT2D eigenvalue weighted by atomic mass is 9.77. The normalized spacial score (nSPS) is 15.3. The van der Waals surface area contributed by atoms with Crippen LogP contribution >= 0.6 is 0 Å². The SMILES string of the molecule is CC(C)(C)c1nc(N2CCC(F)(F)C2)c2nn(Cc3cn(C(c4ccccc4)(c4ccccc4)c4ccccc4)nc3C(F)(F)F)nc2n1. The molecule has 6 aromatic rings. The van der Waals surface area contributed by atoms with Gasteiger partial charge in [-0.15, -0.1) is 10.2 Å². The molecule has 13 heteroatoms. The third kappa shape index (κ3) is 5.91. The lowest BCUT2D eigenvalue weighted by molar-refractivity contribution is -0.142. The smallest absolute Gasteiger partial charge is 0.348 e. The van der Waals surface area contributed by atoms with Crippen LogP contribution in [0.25, 0.3) is 11.2 Å². The highest BCUT2D eigenvalue weighted by Gasteiger charge is 2.44. The van der Waals surface area contributed by atoms with Gasteiger partial charge in [-0.25, -0.2) is 18.7 Å². The van der Waals surface area contributed by atoms with E-state index in [1.165, 1.54) is 15.8 Å². The molecule has 7 rings (SSSR count). The van der Waals surface area contributed by atoms with Crippen LogP contribution in [-0.2, 0) is 23.7 Å². The number of aromatic nitrogens is 7. The van der Waals surface area contributed by atoms with Crippen LogP contribution in [0.3, 0.4) is 0 Å². The third-order valence-corrected chi connectivity index (χ3v) is 8.70. The molecule has 0 radical (unpaired) electrons. The van der Waals surface area contributed by atoms with E-state index in [1.54, 1.807) is 0 Å². The zero-order valence-electron chi connectivity index (χ0n) is 27.0. The van der Waals surface area contributed by atoms with Crippen molar-refractivity contribution < 1.29 is 22.0 Å². The van der Waals surface area contributed by atoms with Gasteiger partial charge in [0.05, 0.1) is 13.1 Å². The molecule has 8 nitrogen and oxygen atoms in total. The zero-order valence-corrected chi connectivity index (χ0v) is 27.0. The fraction of sp³-hybridized carbons (Fsp3) is 0.306. The number of nitrogens with zero attached hydrogens (tertiary/aromatic N) is 8. The Balaban J connectivity index is 1.41. The Morgan fingerprint density at radius 1 is 0.735 bits per heavy atom. The number of hydrogen-bond acceptors (Lipinski definition) is 6. The van der Waals surface area contributed by atoms with Crippen molar-refractivity contribution in [3.05, 3.63) is 131 Å². The summed E-state index contributed by atoms with van der Waals surface area (Å²) in [5.74, 6) is -2.37. The predicted octanol–water partition coefficient (Wildman–Crippen LogP) is 7.47. The van der Waals surface area contributed by atoms with Gasteiger partial charge in [0.1, 0.15) is 11.4 Å². The molecule has 0 saturated carbocycles. The summed E-state index contributed by atoms with van der Waals surface area (Å²) in [6.07, 6.45) is -3.79. The fourth-order valence-electron chi connectivity index (χ4n) is 6.40. The maximum absolute atomic E-state index is 14.9. The van der Waals surface area contributed by atoms with Gasteiger partial charge in [0.25, 0.3) is 5.92 Å². The molecule has 49 heavy (non-hydrogen) atoms. The van der Waals surface area contributed by atoms with Crippen molar-refractivity contribution in [1.29, 1.82) is 0 Å². The zero-order chi connectivity index (χ0) is 34.6. The molecule has 1 fully saturated rings. The topological polar surface area (TPSA) is 77.5 Å². The molecule has 0 N–H and O–H groups in total. The van der Waals surface area contributed by atoms with Gasteiger partial charge in [-0.2, -0.15) is 23.1 Å². The highest BCUT2D eigenvalue weighted by atomic mass is 19.4. The molecule has 3 aromatic carbocycles. The lowest BCUT2D eigenvalue weighted by Gasteiger charge is -2.36. The Kier molecular flexibility index (Phi) is 7.75. The first kappa shape index (κ1) is 32.4. The Bertz CT molecular complexity index is 1990. The second kappa shape index (κ2) is 11.7. The molecule has 0 bridgehead atoms. The maximum Gasteiger partial charge on any atom is 0.435 e. The minimum absolute atomic E-state index is 0.0427. The van der Waals surface area contributed by atoms with E-state index in [-0.39, 0.29) is 35.5 Å². The van der Waals surface area contributed by atoms with E-state index in [0.717, 1.165) is 4.80 Å². The first-order valence-corrected chi connectivity index (χ1v) is 15.8. The number of alkyl halides is 5. The molecule has 3 aromatic heterocycles.